The number of ether oxygens (including phenoxy) is 1. The Morgan fingerprint density at radius 3 is 2.46 bits per heavy atom. The van der Waals surface area contributed by atoms with Gasteiger partial charge in [0.05, 0.1) is 11.0 Å². The molecule has 0 aliphatic heterocycles. The second-order valence-electron chi connectivity index (χ2n) is 7.68. The van der Waals surface area contributed by atoms with Gasteiger partial charge in [-0.25, -0.2) is 9.36 Å². The molecule has 0 bridgehead atoms. The van der Waals surface area contributed by atoms with Crippen LogP contribution in [0.1, 0.15) is 20.8 Å². The van der Waals surface area contributed by atoms with Crippen molar-refractivity contribution in [3.05, 3.63) is 77.2 Å². The summed E-state index contributed by atoms with van der Waals surface area (Å²) in [5, 5.41) is 1.83. The quantitative estimate of drug-likeness (QED) is 0.472. The average Bonchev–Trinajstić information content (AvgIpc) is 2.65. The van der Waals surface area contributed by atoms with Crippen LogP contribution < -0.4 is 5.56 Å². The van der Waals surface area contributed by atoms with E-state index in [0.29, 0.717) is 5.52 Å². The number of aromatic nitrogens is 2. The molecule has 0 radical (unpaired) electrons. The number of benzene rings is 2. The lowest BCUT2D eigenvalue weighted by Gasteiger charge is -2.20. The van der Waals surface area contributed by atoms with Crippen molar-refractivity contribution in [1.29, 1.82) is 0 Å². The molecule has 0 atom stereocenters. The lowest BCUT2D eigenvalue weighted by atomic mass is 10.0. The summed E-state index contributed by atoms with van der Waals surface area (Å²) in [4.78, 5) is 29.3. The third-order valence-electron chi connectivity index (χ3n) is 4.39. The first kappa shape index (κ1) is 17.9. The van der Waals surface area contributed by atoms with E-state index in [2.05, 4.69) is 11.1 Å². The normalized spacial score (nSPS) is 11.7. The molecule has 0 N–H and O–H groups in total. The fraction of sp³-hybridized carbons (Fsp3) is 0.174. The average molecular weight is 372 g/mol. The number of para-hydroxylation sites is 1. The number of hydrogen-bond donors (Lipinski definition) is 0. The van der Waals surface area contributed by atoms with E-state index in [1.807, 2.05) is 42.6 Å². The molecular weight excluding hydrogens is 352 g/mol. The molecule has 2 aromatic carbocycles. The molecule has 0 saturated heterocycles. The van der Waals surface area contributed by atoms with E-state index in [1.165, 1.54) is 6.07 Å². The standard InChI is InChI=1S/C23H20N2O3/c1-23(2,3)28-22(27)25-20-10-8-15(12-17(20)9-11-21(25)26)18-13-16-6-4-5-7-19(16)24-14-18/h4-14H,1-3H3. The van der Waals surface area contributed by atoms with Gasteiger partial charge in [-0.1, -0.05) is 24.3 Å². The monoisotopic (exact) mass is 372 g/mol. The van der Waals surface area contributed by atoms with Crippen LogP contribution in [0.3, 0.4) is 0 Å². The van der Waals surface area contributed by atoms with Crippen LogP contribution in [0.2, 0.25) is 0 Å². The summed E-state index contributed by atoms with van der Waals surface area (Å²) in [6, 6.07) is 18.7. The van der Waals surface area contributed by atoms with Crippen LogP contribution in [-0.2, 0) is 4.74 Å². The van der Waals surface area contributed by atoms with Gasteiger partial charge in [-0.05, 0) is 62.1 Å². The van der Waals surface area contributed by atoms with Crippen molar-refractivity contribution < 1.29 is 9.53 Å². The maximum atomic E-state index is 12.5. The molecule has 0 aliphatic rings. The summed E-state index contributed by atoms with van der Waals surface area (Å²) in [6.07, 6.45) is 1.15. The Bertz CT molecular complexity index is 1270. The molecule has 4 aromatic rings. The van der Waals surface area contributed by atoms with E-state index in [-0.39, 0.29) is 0 Å². The minimum atomic E-state index is -0.685. The first-order valence-electron chi connectivity index (χ1n) is 9.06. The van der Waals surface area contributed by atoms with Crippen molar-refractivity contribution >= 4 is 27.9 Å². The highest BCUT2D eigenvalue weighted by atomic mass is 16.6. The predicted molar refractivity (Wildman–Crippen MR) is 111 cm³/mol. The second-order valence-corrected chi connectivity index (χ2v) is 7.68. The van der Waals surface area contributed by atoms with E-state index in [9.17, 15) is 9.59 Å². The number of pyridine rings is 2. The number of fused-ring (bicyclic) bond motifs is 2. The van der Waals surface area contributed by atoms with Gasteiger partial charge in [-0.15, -0.1) is 0 Å². The van der Waals surface area contributed by atoms with Crippen LogP contribution in [-0.4, -0.2) is 21.2 Å². The van der Waals surface area contributed by atoms with Crippen molar-refractivity contribution in [2.75, 3.05) is 0 Å². The van der Waals surface area contributed by atoms with E-state index < -0.39 is 17.3 Å². The highest BCUT2D eigenvalue weighted by Crippen LogP contribution is 2.26. The Morgan fingerprint density at radius 1 is 0.929 bits per heavy atom. The predicted octanol–water partition coefficient (Wildman–Crippen LogP) is 5.00. The number of hydrogen-bond acceptors (Lipinski definition) is 4. The highest BCUT2D eigenvalue weighted by Gasteiger charge is 2.20. The fourth-order valence-electron chi connectivity index (χ4n) is 3.15. The van der Waals surface area contributed by atoms with Gasteiger partial charge in [-0.3, -0.25) is 9.78 Å². The minimum absolute atomic E-state index is 0.415. The first-order chi connectivity index (χ1) is 13.3. The van der Waals surface area contributed by atoms with Crippen molar-refractivity contribution in [1.82, 2.24) is 9.55 Å². The Labute approximate surface area is 162 Å². The summed E-state index contributed by atoms with van der Waals surface area (Å²) in [5.41, 5.74) is 2.28. The van der Waals surface area contributed by atoms with Crippen molar-refractivity contribution in [2.24, 2.45) is 0 Å². The molecule has 5 heteroatoms. The Hall–Kier alpha value is -3.47. The van der Waals surface area contributed by atoms with Gasteiger partial charge in [0.2, 0.25) is 0 Å². The molecule has 2 heterocycles. The summed E-state index contributed by atoms with van der Waals surface area (Å²) in [6.45, 7) is 5.31. The van der Waals surface area contributed by atoms with E-state index >= 15 is 0 Å². The van der Waals surface area contributed by atoms with Crippen LogP contribution in [0.4, 0.5) is 4.79 Å². The third-order valence-corrected chi connectivity index (χ3v) is 4.39. The second kappa shape index (κ2) is 6.60. The molecule has 140 valence electrons. The third kappa shape index (κ3) is 3.39. The van der Waals surface area contributed by atoms with Crippen LogP contribution >= 0.6 is 0 Å². The van der Waals surface area contributed by atoms with Crippen LogP contribution in [0, 0.1) is 0 Å². The van der Waals surface area contributed by atoms with Crippen molar-refractivity contribution in [3.8, 4) is 11.1 Å². The largest absolute Gasteiger partial charge is 0.443 e. The van der Waals surface area contributed by atoms with Crippen LogP contribution in [0.15, 0.2) is 71.7 Å². The number of nitrogens with zero attached hydrogens (tertiary/aromatic N) is 2. The molecule has 4 rings (SSSR count). The van der Waals surface area contributed by atoms with E-state index in [0.717, 1.165) is 32.0 Å². The summed E-state index contributed by atoms with van der Waals surface area (Å²) < 4.78 is 6.46. The Morgan fingerprint density at radius 2 is 1.68 bits per heavy atom. The lowest BCUT2D eigenvalue weighted by Crippen LogP contribution is -2.33. The van der Waals surface area contributed by atoms with Gasteiger partial charge in [0, 0.05) is 23.2 Å². The molecule has 0 fully saturated rings. The van der Waals surface area contributed by atoms with Crippen molar-refractivity contribution in [3.63, 3.8) is 0 Å². The molecular formula is C23H20N2O3. The van der Waals surface area contributed by atoms with Gasteiger partial charge in [0.15, 0.2) is 0 Å². The minimum Gasteiger partial charge on any atom is -0.443 e. The van der Waals surface area contributed by atoms with Gasteiger partial charge in [0.25, 0.3) is 5.56 Å². The molecule has 0 aliphatic carbocycles. The molecule has 0 amide bonds. The van der Waals surface area contributed by atoms with Gasteiger partial charge < -0.3 is 4.74 Å². The number of rotatable bonds is 1. The molecule has 0 saturated carbocycles. The maximum Gasteiger partial charge on any atom is 0.422 e. The zero-order chi connectivity index (χ0) is 19.9. The fourth-order valence-corrected chi connectivity index (χ4v) is 3.15. The summed E-state index contributed by atoms with van der Waals surface area (Å²) in [5.74, 6) is 0. The maximum absolute atomic E-state index is 12.5. The van der Waals surface area contributed by atoms with E-state index in [4.69, 9.17) is 4.74 Å². The molecule has 5 nitrogen and oxygen atoms in total. The van der Waals surface area contributed by atoms with Gasteiger partial charge >= 0.3 is 6.09 Å². The molecule has 0 unspecified atom stereocenters. The molecule has 28 heavy (non-hydrogen) atoms. The zero-order valence-electron chi connectivity index (χ0n) is 16.0. The lowest BCUT2D eigenvalue weighted by molar-refractivity contribution is 0.0538. The first-order valence-corrected chi connectivity index (χ1v) is 9.06. The highest BCUT2D eigenvalue weighted by molar-refractivity contribution is 5.92. The summed E-state index contributed by atoms with van der Waals surface area (Å²) in [7, 11) is 0. The molecule has 0 spiro atoms. The topological polar surface area (TPSA) is 61.2 Å². The summed E-state index contributed by atoms with van der Waals surface area (Å²) >= 11 is 0. The SMILES string of the molecule is CC(C)(C)OC(=O)n1c(=O)ccc2cc(-c3cnc4ccccc4c3)ccc21. The van der Waals surface area contributed by atoms with Crippen LogP contribution in [0.5, 0.6) is 0 Å². The van der Waals surface area contributed by atoms with Crippen molar-refractivity contribution in [2.45, 2.75) is 26.4 Å². The number of carbonyl (C=O) groups is 1. The van der Waals surface area contributed by atoms with E-state index in [1.54, 1.807) is 32.9 Å². The molecule has 2 aromatic heterocycles. The smallest absolute Gasteiger partial charge is 0.422 e. The van der Waals surface area contributed by atoms with Gasteiger partial charge in [-0.2, -0.15) is 0 Å². The van der Waals surface area contributed by atoms with Crippen LogP contribution in [0.25, 0.3) is 32.9 Å². The van der Waals surface area contributed by atoms with Gasteiger partial charge in [0.1, 0.15) is 5.60 Å². The Balaban J connectivity index is 1.82. The Kier molecular flexibility index (Phi) is 4.23. The zero-order valence-corrected chi connectivity index (χ0v) is 16.0. The number of carbonyl (C=O) groups excluding carboxylic acids is 1.